The van der Waals surface area contributed by atoms with E-state index in [4.69, 9.17) is 5.11 Å². The van der Waals surface area contributed by atoms with Crippen molar-refractivity contribution in [1.82, 2.24) is 5.32 Å². The molecule has 1 aliphatic rings. The largest absolute Gasteiger partial charge is 0.481 e. The zero-order valence-corrected chi connectivity index (χ0v) is 11.4. The highest BCUT2D eigenvalue weighted by atomic mass is 16.4. The van der Waals surface area contributed by atoms with Gasteiger partial charge in [-0.1, -0.05) is 26.7 Å². The number of rotatable bonds is 7. The summed E-state index contributed by atoms with van der Waals surface area (Å²) in [6.45, 7) is 3.79. The number of carboxylic acids is 2. The molecule has 1 amide bonds. The summed E-state index contributed by atoms with van der Waals surface area (Å²) in [5, 5.41) is 21.0. The van der Waals surface area contributed by atoms with Crippen molar-refractivity contribution in [3.8, 4) is 0 Å². The van der Waals surface area contributed by atoms with Crippen LogP contribution in [0.3, 0.4) is 0 Å². The van der Waals surface area contributed by atoms with Crippen molar-refractivity contribution in [3.05, 3.63) is 0 Å². The summed E-state index contributed by atoms with van der Waals surface area (Å²) in [4.78, 5) is 34.4. The minimum absolute atomic E-state index is 0.0864. The molecule has 1 aliphatic heterocycles. The summed E-state index contributed by atoms with van der Waals surface area (Å²) >= 11 is 0. The van der Waals surface area contributed by atoms with E-state index in [-0.39, 0.29) is 12.3 Å². The zero-order chi connectivity index (χ0) is 14.7. The van der Waals surface area contributed by atoms with Gasteiger partial charge in [0.25, 0.3) is 0 Å². The second kappa shape index (κ2) is 5.59. The number of carboxylic acid groups (broad SMARTS) is 2. The van der Waals surface area contributed by atoms with Crippen LogP contribution in [-0.4, -0.2) is 33.6 Å². The first-order valence-electron chi connectivity index (χ1n) is 6.60. The molecule has 0 radical (unpaired) electrons. The van der Waals surface area contributed by atoms with Crippen LogP contribution in [0.4, 0.5) is 0 Å². The molecule has 0 aliphatic carbocycles. The first-order valence-corrected chi connectivity index (χ1v) is 6.60. The van der Waals surface area contributed by atoms with Crippen molar-refractivity contribution < 1.29 is 24.6 Å². The number of aliphatic carboxylic acids is 2. The maximum Gasteiger partial charge on any atom is 0.330 e. The Hall–Kier alpha value is -1.59. The summed E-state index contributed by atoms with van der Waals surface area (Å²) in [6, 6.07) is 0. The highest BCUT2D eigenvalue weighted by molar-refractivity contribution is 5.95. The van der Waals surface area contributed by atoms with Gasteiger partial charge in [-0.3, -0.25) is 9.59 Å². The average Bonchev–Trinajstić information content (AvgIpc) is 2.60. The van der Waals surface area contributed by atoms with Crippen LogP contribution in [-0.2, 0) is 14.4 Å². The lowest BCUT2D eigenvalue weighted by Gasteiger charge is -2.40. The van der Waals surface area contributed by atoms with E-state index in [1.54, 1.807) is 0 Å². The second-order valence-corrected chi connectivity index (χ2v) is 5.24. The summed E-state index contributed by atoms with van der Waals surface area (Å²) in [7, 11) is 0. The van der Waals surface area contributed by atoms with Crippen LogP contribution < -0.4 is 5.32 Å². The van der Waals surface area contributed by atoms with Crippen LogP contribution >= 0.6 is 0 Å². The van der Waals surface area contributed by atoms with Gasteiger partial charge in [0.2, 0.25) is 5.91 Å². The number of hydrogen-bond acceptors (Lipinski definition) is 3. The topological polar surface area (TPSA) is 104 Å². The predicted octanol–water partition coefficient (Wildman–Crippen LogP) is 1.39. The third kappa shape index (κ3) is 2.57. The Morgan fingerprint density at radius 3 is 2.37 bits per heavy atom. The van der Waals surface area contributed by atoms with Gasteiger partial charge in [-0.05, 0) is 12.8 Å². The molecular formula is C13H21NO5. The number of unbranched alkanes of at least 4 members (excludes halogenated alkanes) is 1. The van der Waals surface area contributed by atoms with Crippen molar-refractivity contribution in [3.63, 3.8) is 0 Å². The van der Waals surface area contributed by atoms with Gasteiger partial charge in [-0.25, -0.2) is 4.79 Å². The number of carbonyl (C=O) groups is 3. The smallest absolute Gasteiger partial charge is 0.330 e. The van der Waals surface area contributed by atoms with Crippen molar-refractivity contribution in [1.29, 1.82) is 0 Å². The molecule has 0 aromatic heterocycles. The highest BCUT2D eigenvalue weighted by Crippen LogP contribution is 2.49. The van der Waals surface area contributed by atoms with Gasteiger partial charge < -0.3 is 15.5 Å². The van der Waals surface area contributed by atoms with Gasteiger partial charge in [-0.2, -0.15) is 0 Å². The van der Waals surface area contributed by atoms with Crippen LogP contribution in [0.25, 0.3) is 0 Å². The molecule has 0 spiro atoms. The third-order valence-electron chi connectivity index (χ3n) is 4.22. The maximum absolute atomic E-state index is 11.7. The SMILES string of the molecule is CCCCC1(CC)CC(=O)N[C@]1(CC(=O)O)C(=O)O. The van der Waals surface area contributed by atoms with Crippen LogP contribution in [0.5, 0.6) is 0 Å². The lowest BCUT2D eigenvalue weighted by atomic mass is 9.64. The van der Waals surface area contributed by atoms with E-state index < -0.39 is 29.3 Å². The molecule has 0 aromatic rings. The van der Waals surface area contributed by atoms with Crippen molar-refractivity contribution >= 4 is 17.8 Å². The maximum atomic E-state index is 11.7. The van der Waals surface area contributed by atoms with Crippen LogP contribution in [0.2, 0.25) is 0 Å². The normalized spacial score (nSPS) is 30.1. The van der Waals surface area contributed by atoms with E-state index in [1.807, 2.05) is 13.8 Å². The van der Waals surface area contributed by atoms with Crippen LogP contribution in [0, 0.1) is 5.41 Å². The zero-order valence-electron chi connectivity index (χ0n) is 11.4. The molecule has 2 atom stereocenters. The van der Waals surface area contributed by atoms with E-state index in [1.165, 1.54) is 0 Å². The summed E-state index contributed by atoms with van der Waals surface area (Å²) < 4.78 is 0. The molecule has 19 heavy (non-hydrogen) atoms. The number of amides is 1. The number of carbonyl (C=O) groups excluding carboxylic acids is 1. The molecule has 1 rings (SSSR count). The van der Waals surface area contributed by atoms with Crippen molar-refractivity contribution in [2.24, 2.45) is 5.41 Å². The molecule has 1 unspecified atom stereocenters. The quantitative estimate of drug-likeness (QED) is 0.649. The molecule has 1 saturated heterocycles. The number of nitrogens with one attached hydrogen (secondary N) is 1. The fourth-order valence-corrected chi connectivity index (χ4v) is 3.11. The van der Waals surface area contributed by atoms with E-state index in [0.29, 0.717) is 12.8 Å². The van der Waals surface area contributed by atoms with Crippen molar-refractivity contribution in [2.45, 2.75) is 57.9 Å². The van der Waals surface area contributed by atoms with E-state index in [0.717, 1.165) is 12.8 Å². The summed E-state index contributed by atoms with van der Waals surface area (Å²) in [6.07, 6.45) is 2.16. The Bertz CT molecular complexity index is 394. The minimum atomic E-state index is -1.68. The highest BCUT2D eigenvalue weighted by Gasteiger charge is 2.62. The van der Waals surface area contributed by atoms with Gasteiger partial charge in [0.15, 0.2) is 5.54 Å². The van der Waals surface area contributed by atoms with E-state index >= 15 is 0 Å². The van der Waals surface area contributed by atoms with Crippen LogP contribution in [0.15, 0.2) is 0 Å². The van der Waals surface area contributed by atoms with Crippen LogP contribution in [0.1, 0.15) is 52.4 Å². The molecule has 1 heterocycles. The van der Waals surface area contributed by atoms with Gasteiger partial charge in [0.05, 0.1) is 6.42 Å². The van der Waals surface area contributed by atoms with Gasteiger partial charge in [-0.15, -0.1) is 0 Å². The predicted molar refractivity (Wildman–Crippen MR) is 67.6 cm³/mol. The standard InChI is InChI=1S/C13H21NO5/c1-3-5-6-12(4-2)7-9(15)14-13(12,11(18)19)8-10(16)17/h3-8H2,1-2H3,(H,14,15)(H,16,17)(H,18,19)/t12?,13-/m1/s1. The summed E-state index contributed by atoms with van der Waals surface area (Å²) in [5.74, 6) is -2.83. The Morgan fingerprint density at radius 2 is 1.95 bits per heavy atom. The Labute approximate surface area is 112 Å². The molecule has 0 bridgehead atoms. The van der Waals surface area contributed by atoms with E-state index in [2.05, 4.69) is 5.32 Å². The minimum Gasteiger partial charge on any atom is -0.481 e. The first-order chi connectivity index (χ1) is 8.83. The molecule has 0 saturated carbocycles. The fourth-order valence-electron chi connectivity index (χ4n) is 3.11. The average molecular weight is 271 g/mol. The van der Waals surface area contributed by atoms with Gasteiger partial charge in [0, 0.05) is 11.8 Å². The number of hydrogen-bond donors (Lipinski definition) is 3. The van der Waals surface area contributed by atoms with E-state index in [9.17, 15) is 19.5 Å². The molecular weight excluding hydrogens is 250 g/mol. The monoisotopic (exact) mass is 271 g/mol. The molecule has 108 valence electrons. The second-order valence-electron chi connectivity index (χ2n) is 5.24. The molecule has 3 N–H and O–H groups in total. The Morgan fingerprint density at radius 1 is 1.32 bits per heavy atom. The first kappa shape index (κ1) is 15.5. The van der Waals surface area contributed by atoms with Gasteiger partial charge in [0.1, 0.15) is 0 Å². The fraction of sp³-hybridized carbons (Fsp3) is 0.769. The Balaban J connectivity index is 3.25. The lowest BCUT2D eigenvalue weighted by molar-refractivity contribution is -0.157. The van der Waals surface area contributed by atoms with Gasteiger partial charge >= 0.3 is 11.9 Å². The molecule has 1 fully saturated rings. The lowest BCUT2D eigenvalue weighted by Crippen LogP contribution is -2.59. The molecule has 6 nitrogen and oxygen atoms in total. The summed E-state index contributed by atoms with van der Waals surface area (Å²) in [5.41, 5.74) is -2.50. The third-order valence-corrected chi connectivity index (χ3v) is 4.22. The Kier molecular flexibility index (Phi) is 4.55. The van der Waals surface area contributed by atoms with Crippen molar-refractivity contribution in [2.75, 3.05) is 0 Å². The molecule has 6 heteroatoms. The molecule has 0 aromatic carbocycles.